The van der Waals surface area contributed by atoms with Gasteiger partial charge in [-0.05, 0) is 94.4 Å². The SMILES string of the molecule is CC=CN1CCC[C@@H](n2nc(-c3ccc(NC(=O)C45CC6CC(CC(C6)C4)C5)c4c3OCO4)c3c(N)ncnc32)C1. The Labute approximate surface area is 239 Å². The summed E-state index contributed by atoms with van der Waals surface area (Å²) >= 11 is 0. The fourth-order valence-electron chi connectivity index (χ4n) is 8.89. The molecule has 214 valence electrons. The van der Waals surface area contributed by atoms with Crippen molar-refractivity contribution in [1.82, 2.24) is 24.6 Å². The lowest BCUT2D eigenvalue weighted by molar-refractivity contribution is -0.140. The Kier molecular flexibility index (Phi) is 5.69. The number of anilines is 2. The average molecular weight is 556 g/mol. The summed E-state index contributed by atoms with van der Waals surface area (Å²) in [4.78, 5) is 25.1. The predicted octanol–water partition coefficient (Wildman–Crippen LogP) is 5.13. The monoisotopic (exact) mass is 555 g/mol. The first-order valence-electron chi connectivity index (χ1n) is 15.1. The molecule has 10 nitrogen and oxygen atoms in total. The highest BCUT2D eigenvalue weighted by atomic mass is 16.7. The summed E-state index contributed by atoms with van der Waals surface area (Å²) in [6, 6.07) is 4.02. The van der Waals surface area contributed by atoms with Gasteiger partial charge < -0.3 is 25.4 Å². The number of benzene rings is 1. The van der Waals surface area contributed by atoms with Crippen LogP contribution in [-0.4, -0.2) is 50.4 Å². The standard InChI is InChI=1S/C31H37N7O3/c1-2-7-37-8-3-4-21(15-37)38-29-24(28(32)33-16-34-29)25(36-38)22-5-6-23(27-26(22)40-17-41-27)35-30(39)31-12-18-9-19(13-31)11-20(10-18)14-31/h2,5-7,16,18-21H,3-4,8-15,17H2,1H3,(H,35,39)(H2,32,33,34)/t18?,19?,20?,21-,31?/m1/s1. The average Bonchev–Trinajstić information content (AvgIpc) is 3.60. The fourth-order valence-corrected chi connectivity index (χ4v) is 8.89. The number of nitrogens with zero attached hydrogens (tertiary/aromatic N) is 5. The number of likely N-dealkylation sites (tertiary alicyclic amines) is 1. The molecule has 2 aliphatic heterocycles. The van der Waals surface area contributed by atoms with E-state index in [1.165, 1.54) is 25.6 Å². The van der Waals surface area contributed by atoms with Gasteiger partial charge in [-0.25, -0.2) is 14.6 Å². The Morgan fingerprint density at radius 2 is 1.85 bits per heavy atom. The lowest BCUT2D eigenvalue weighted by Gasteiger charge is -2.55. The lowest BCUT2D eigenvalue weighted by Crippen LogP contribution is -2.51. The number of carbonyl (C=O) groups excluding carboxylic acids is 1. The van der Waals surface area contributed by atoms with Gasteiger partial charge in [-0.1, -0.05) is 6.08 Å². The van der Waals surface area contributed by atoms with Gasteiger partial charge in [-0.3, -0.25) is 4.79 Å². The Morgan fingerprint density at radius 3 is 2.61 bits per heavy atom. The molecule has 9 rings (SSSR count). The van der Waals surface area contributed by atoms with E-state index in [0.29, 0.717) is 57.5 Å². The third-order valence-corrected chi connectivity index (χ3v) is 10.2. The van der Waals surface area contributed by atoms with Crippen LogP contribution in [0.1, 0.15) is 64.3 Å². The van der Waals surface area contributed by atoms with Gasteiger partial charge >= 0.3 is 0 Å². The first-order chi connectivity index (χ1) is 20.0. The highest BCUT2D eigenvalue weighted by Gasteiger charge is 2.54. The topological polar surface area (TPSA) is 120 Å². The van der Waals surface area contributed by atoms with Gasteiger partial charge in [-0.15, -0.1) is 0 Å². The fraction of sp³-hybridized carbons (Fsp3) is 0.548. The highest BCUT2D eigenvalue weighted by molar-refractivity contribution is 6.02. The van der Waals surface area contributed by atoms with Crippen molar-refractivity contribution in [3.8, 4) is 22.8 Å². The maximum absolute atomic E-state index is 13.8. The number of hydrogen-bond donors (Lipinski definition) is 2. The van der Waals surface area contributed by atoms with E-state index in [1.54, 1.807) is 0 Å². The van der Waals surface area contributed by atoms with Crippen LogP contribution in [0.25, 0.3) is 22.3 Å². The van der Waals surface area contributed by atoms with Crippen LogP contribution in [-0.2, 0) is 4.79 Å². The van der Waals surface area contributed by atoms with E-state index in [9.17, 15) is 4.79 Å². The predicted molar refractivity (Wildman–Crippen MR) is 155 cm³/mol. The van der Waals surface area contributed by atoms with Crippen LogP contribution in [0.3, 0.4) is 0 Å². The smallest absolute Gasteiger partial charge is 0.231 e. The molecule has 5 fully saturated rings. The molecule has 3 N–H and O–H groups in total. The molecule has 41 heavy (non-hydrogen) atoms. The van der Waals surface area contributed by atoms with Crippen LogP contribution >= 0.6 is 0 Å². The van der Waals surface area contributed by atoms with E-state index < -0.39 is 0 Å². The van der Waals surface area contributed by atoms with Gasteiger partial charge in [0.1, 0.15) is 17.8 Å². The molecule has 2 aromatic heterocycles. The molecule has 0 unspecified atom stereocenters. The summed E-state index contributed by atoms with van der Waals surface area (Å²) in [7, 11) is 0. The third kappa shape index (κ3) is 3.97. The molecular weight excluding hydrogens is 518 g/mol. The van der Waals surface area contributed by atoms with Gasteiger partial charge in [0.25, 0.3) is 0 Å². The van der Waals surface area contributed by atoms with Gasteiger partial charge in [0, 0.05) is 18.7 Å². The molecule has 0 radical (unpaired) electrons. The van der Waals surface area contributed by atoms with Crippen LogP contribution in [0.15, 0.2) is 30.7 Å². The van der Waals surface area contributed by atoms with Crippen molar-refractivity contribution in [1.29, 1.82) is 0 Å². The molecule has 4 aliphatic carbocycles. The van der Waals surface area contributed by atoms with Crippen LogP contribution in [0, 0.1) is 23.2 Å². The number of hydrogen-bond acceptors (Lipinski definition) is 8. The lowest BCUT2D eigenvalue weighted by atomic mass is 9.49. The van der Waals surface area contributed by atoms with Crippen molar-refractivity contribution < 1.29 is 14.3 Å². The van der Waals surface area contributed by atoms with E-state index >= 15 is 0 Å². The minimum Gasteiger partial charge on any atom is -0.453 e. The zero-order valence-corrected chi connectivity index (χ0v) is 23.5. The van der Waals surface area contributed by atoms with E-state index in [0.717, 1.165) is 50.8 Å². The second kappa shape index (κ2) is 9.36. The molecule has 4 bridgehead atoms. The van der Waals surface area contributed by atoms with Gasteiger partial charge in [0.05, 0.1) is 22.5 Å². The summed E-state index contributed by atoms with van der Waals surface area (Å²) in [5.41, 5.74) is 8.99. The van der Waals surface area contributed by atoms with E-state index in [4.69, 9.17) is 20.3 Å². The summed E-state index contributed by atoms with van der Waals surface area (Å²) < 4.78 is 14.0. The number of rotatable bonds is 5. The molecular formula is C31H37N7O3. The molecule has 1 amide bonds. The zero-order valence-electron chi connectivity index (χ0n) is 23.5. The van der Waals surface area contributed by atoms with Crippen LogP contribution in [0.5, 0.6) is 11.5 Å². The molecule has 3 aromatic rings. The van der Waals surface area contributed by atoms with E-state index in [2.05, 4.69) is 32.5 Å². The second-order valence-electron chi connectivity index (χ2n) is 12.9. The number of fused-ring (bicyclic) bond motifs is 2. The molecule has 6 aliphatic rings. The number of amides is 1. The number of carbonyl (C=O) groups is 1. The van der Waals surface area contributed by atoms with Crippen molar-refractivity contribution in [3.05, 3.63) is 30.7 Å². The van der Waals surface area contributed by atoms with Crippen LogP contribution in [0.4, 0.5) is 11.5 Å². The van der Waals surface area contributed by atoms with Gasteiger partial charge in [0.2, 0.25) is 12.7 Å². The second-order valence-corrected chi connectivity index (χ2v) is 12.9. The minimum atomic E-state index is -0.249. The Bertz CT molecular complexity index is 1530. The normalized spacial score (nSPS) is 30.0. The van der Waals surface area contributed by atoms with Crippen molar-refractivity contribution in [2.24, 2.45) is 23.2 Å². The minimum absolute atomic E-state index is 0.0815. The third-order valence-electron chi connectivity index (χ3n) is 10.2. The maximum Gasteiger partial charge on any atom is 0.231 e. The summed E-state index contributed by atoms with van der Waals surface area (Å²) in [6.45, 7) is 3.99. The maximum atomic E-state index is 13.8. The molecule has 1 atom stereocenters. The number of aromatic nitrogens is 4. The molecule has 0 spiro atoms. The Hall–Kier alpha value is -3.82. The molecule has 4 saturated carbocycles. The van der Waals surface area contributed by atoms with E-state index in [1.807, 2.05) is 23.7 Å². The van der Waals surface area contributed by atoms with E-state index in [-0.39, 0.29) is 24.2 Å². The zero-order chi connectivity index (χ0) is 27.7. The molecule has 1 saturated heterocycles. The Balaban J connectivity index is 1.15. The first kappa shape index (κ1) is 24.9. The van der Waals surface area contributed by atoms with Crippen molar-refractivity contribution in [2.45, 2.75) is 64.3 Å². The number of ether oxygens (including phenoxy) is 2. The number of nitrogens with two attached hydrogens (primary N) is 1. The van der Waals surface area contributed by atoms with Crippen molar-refractivity contribution >= 4 is 28.4 Å². The number of nitrogen functional groups attached to an aromatic ring is 1. The summed E-state index contributed by atoms with van der Waals surface area (Å²) in [5.74, 6) is 3.74. The van der Waals surface area contributed by atoms with Crippen molar-refractivity contribution in [2.75, 3.05) is 30.9 Å². The first-order valence-corrected chi connectivity index (χ1v) is 15.1. The van der Waals surface area contributed by atoms with Gasteiger partial charge in [-0.2, -0.15) is 5.10 Å². The van der Waals surface area contributed by atoms with Crippen molar-refractivity contribution in [3.63, 3.8) is 0 Å². The largest absolute Gasteiger partial charge is 0.453 e. The molecule has 4 heterocycles. The van der Waals surface area contributed by atoms with Crippen LogP contribution < -0.4 is 20.5 Å². The molecule has 10 heteroatoms. The summed E-state index contributed by atoms with van der Waals surface area (Å²) in [6.07, 6.45) is 14.7. The highest BCUT2D eigenvalue weighted by Crippen LogP contribution is 2.60. The quantitative estimate of drug-likeness (QED) is 0.445. The van der Waals surface area contributed by atoms with Crippen LogP contribution in [0.2, 0.25) is 0 Å². The number of nitrogens with one attached hydrogen (secondary N) is 1. The van der Waals surface area contributed by atoms with Gasteiger partial charge in [0.15, 0.2) is 17.1 Å². The molecule has 1 aromatic carbocycles. The Morgan fingerprint density at radius 1 is 1.10 bits per heavy atom. The number of piperidine rings is 1. The summed E-state index contributed by atoms with van der Waals surface area (Å²) in [5, 5.41) is 9.07. The number of allylic oxidation sites excluding steroid dienone is 1.